The van der Waals surface area contributed by atoms with Gasteiger partial charge in [0.1, 0.15) is 11.6 Å². The molecule has 1 unspecified atom stereocenters. The molecule has 0 amide bonds. The molecule has 4 saturated carbocycles. The Bertz CT molecular complexity index is 948. The number of aliphatic carboxylic acids is 1. The van der Waals surface area contributed by atoms with E-state index in [9.17, 15) is 14.7 Å². The largest absolute Gasteiger partial charge is 0.480 e. The van der Waals surface area contributed by atoms with Gasteiger partial charge in [-0.15, -0.1) is 0 Å². The zero-order valence-corrected chi connectivity index (χ0v) is 16.7. The maximum atomic E-state index is 13.2. The number of hydrogen-bond donors (Lipinski definition) is 2. The molecule has 6 rings (SSSR count). The molecule has 6 nitrogen and oxygen atoms in total. The number of carbonyl (C=O) groups excluding carboxylic acids is 1. The molecular weight excluding hydrogens is 368 g/mol. The maximum absolute atomic E-state index is 13.2. The quantitative estimate of drug-likeness (QED) is 0.820. The molecule has 0 spiro atoms. The first kappa shape index (κ1) is 18.7. The van der Waals surface area contributed by atoms with Crippen molar-refractivity contribution >= 4 is 23.0 Å². The van der Waals surface area contributed by atoms with E-state index in [1.807, 2.05) is 24.3 Å². The van der Waals surface area contributed by atoms with E-state index in [0.717, 1.165) is 28.3 Å². The topological polar surface area (TPSA) is 94.5 Å². The summed E-state index contributed by atoms with van der Waals surface area (Å²) in [5.74, 6) is 1.58. The molecule has 1 aromatic carbocycles. The molecular formula is C23H28N2O4. The Morgan fingerprint density at radius 3 is 2.38 bits per heavy atom. The Morgan fingerprint density at radius 2 is 1.76 bits per heavy atom. The summed E-state index contributed by atoms with van der Waals surface area (Å²) in [6.45, 7) is 1.49. The van der Waals surface area contributed by atoms with Gasteiger partial charge in [-0.05, 0) is 74.3 Å². The summed E-state index contributed by atoms with van der Waals surface area (Å²) in [6, 6.07) is 7.52. The van der Waals surface area contributed by atoms with Crippen molar-refractivity contribution in [2.75, 3.05) is 0 Å². The molecule has 2 aromatic rings. The minimum atomic E-state index is -1.40. The highest BCUT2D eigenvalue weighted by atomic mass is 16.6. The average Bonchev–Trinajstić information content (AvgIpc) is 3.02. The van der Waals surface area contributed by atoms with Crippen molar-refractivity contribution in [1.29, 1.82) is 0 Å². The molecule has 3 N–H and O–H groups in total. The second kappa shape index (κ2) is 6.59. The van der Waals surface area contributed by atoms with Crippen molar-refractivity contribution in [2.24, 2.45) is 29.4 Å². The van der Waals surface area contributed by atoms with Crippen LogP contribution in [0.4, 0.5) is 4.79 Å². The van der Waals surface area contributed by atoms with Gasteiger partial charge in [-0.25, -0.2) is 4.79 Å². The number of aromatic nitrogens is 1. The van der Waals surface area contributed by atoms with E-state index < -0.39 is 11.5 Å². The molecule has 29 heavy (non-hydrogen) atoms. The smallest absolute Gasteiger partial charge is 0.418 e. The van der Waals surface area contributed by atoms with Crippen LogP contribution in [-0.2, 0) is 16.0 Å². The third-order valence-corrected chi connectivity index (χ3v) is 7.41. The van der Waals surface area contributed by atoms with E-state index in [4.69, 9.17) is 10.5 Å². The first-order valence-electron chi connectivity index (χ1n) is 10.6. The fourth-order valence-corrected chi connectivity index (χ4v) is 6.25. The lowest BCUT2D eigenvalue weighted by molar-refractivity contribution is -0.142. The number of fused-ring (bicyclic) bond motifs is 1. The highest BCUT2D eigenvalue weighted by Gasteiger charge is 2.50. The van der Waals surface area contributed by atoms with E-state index in [0.29, 0.717) is 11.8 Å². The average molecular weight is 396 g/mol. The van der Waals surface area contributed by atoms with E-state index in [2.05, 4.69) is 0 Å². The first-order chi connectivity index (χ1) is 13.8. The van der Waals surface area contributed by atoms with Crippen molar-refractivity contribution in [1.82, 2.24) is 4.57 Å². The van der Waals surface area contributed by atoms with Crippen molar-refractivity contribution in [3.05, 3.63) is 36.0 Å². The third-order valence-electron chi connectivity index (χ3n) is 7.41. The van der Waals surface area contributed by atoms with Crippen molar-refractivity contribution in [3.8, 4) is 0 Å². The van der Waals surface area contributed by atoms with Crippen molar-refractivity contribution in [2.45, 2.75) is 57.1 Å². The number of rotatable bonds is 4. The second-order valence-electron chi connectivity index (χ2n) is 9.72. The number of carbonyl (C=O) groups is 2. The van der Waals surface area contributed by atoms with Gasteiger partial charge in [-0.1, -0.05) is 18.2 Å². The fraction of sp³-hybridized carbons (Fsp3) is 0.565. The normalized spacial score (nSPS) is 32.3. The zero-order chi connectivity index (χ0) is 20.3. The summed E-state index contributed by atoms with van der Waals surface area (Å²) < 4.78 is 7.62. The summed E-state index contributed by atoms with van der Waals surface area (Å²) in [5.41, 5.74) is 6.05. The van der Waals surface area contributed by atoms with E-state index in [1.54, 1.807) is 6.20 Å². The molecule has 4 aliphatic rings. The Morgan fingerprint density at radius 1 is 1.14 bits per heavy atom. The highest BCUT2D eigenvalue weighted by Crippen LogP contribution is 2.54. The number of hydrogen-bond acceptors (Lipinski definition) is 4. The van der Waals surface area contributed by atoms with Gasteiger partial charge in [0, 0.05) is 18.0 Å². The SMILES string of the molecule is CC(N)(Cc1cn(C(=O)OC2C3CC4CC(C3)CC2C4)c2ccccc12)C(=O)O. The summed E-state index contributed by atoms with van der Waals surface area (Å²) in [7, 11) is 0. The van der Waals surface area contributed by atoms with Crippen molar-refractivity contribution in [3.63, 3.8) is 0 Å². The predicted molar refractivity (Wildman–Crippen MR) is 109 cm³/mol. The number of para-hydroxylation sites is 1. The highest BCUT2D eigenvalue weighted by molar-refractivity contribution is 5.92. The minimum Gasteiger partial charge on any atom is -0.480 e. The Labute approximate surface area is 170 Å². The van der Waals surface area contributed by atoms with Gasteiger partial charge in [-0.3, -0.25) is 9.36 Å². The number of ether oxygens (including phenoxy) is 1. The van der Waals surface area contributed by atoms with Crippen LogP contribution in [0.15, 0.2) is 30.5 Å². The van der Waals surface area contributed by atoms with Gasteiger partial charge < -0.3 is 15.6 Å². The molecule has 1 atom stereocenters. The van der Waals surface area contributed by atoms with Crippen LogP contribution in [0.5, 0.6) is 0 Å². The van der Waals surface area contributed by atoms with Crippen LogP contribution in [0.2, 0.25) is 0 Å². The van der Waals surface area contributed by atoms with Crippen LogP contribution in [0.1, 0.15) is 44.6 Å². The van der Waals surface area contributed by atoms with Gasteiger partial charge in [0.15, 0.2) is 0 Å². The lowest BCUT2D eigenvalue weighted by atomic mass is 9.55. The minimum absolute atomic E-state index is 0.0127. The Kier molecular flexibility index (Phi) is 4.24. The lowest BCUT2D eigenvalue weighted by Crippen LogP contribution is -2.50. The molecule has 4 aliphatic carbocycles. The molecule has 1 heterocycles. The summed E-state index contributed by atoms with van der Waals surface area (Å²) in [6.07, 6.45) is 7.61. The summed E-state index contributed by atoms with van der Waals surface area (Å²) in [4.78, 5) is 24.6. The van der Waals surface area contributed by atoms with Gasteiger partial charge in [0.2, 0.25) is 0 Å². The summed E-state index contributed by atoms with van der Waals surface area (Å²) >= 11 is 0. The van der Waals surface area contributed by atoms with Crippen LogP contribution in [0.25, 0.3) is 10.9 Å². The molecule has 0 radical (unpaired) electrons. The second-order valence-corrected chi connectivity index (χ2v) is 9.72. The molecule has 6 heteroatoms. The number of benzene rings is 1. The maximum Gasteiger partial charge on any atom is 0.418 e. The van der Waals surface area contributed by atoms with Crippen LogP contribution >= 0.6 is 0 Å². The van der Waals surface area contributed by atoms with Crippen LogP contribution < -0.4 is 5.73 Å². The van der Waals surface area contributed by atoms with Gasteiger partial charge >= 0.3 is 12.1 Å². The fourth-order valence-electron chi connectivity index (χ4n) is 6.25. The molecule has 0 saturated heterocycles. The number of carboxylic acids is 1. The number of nitrogens with two attached hydrogens (primary N) is 1. The molecule has 0 aliphatic heterocycles. The van der Waals surface area contributed by atoms with E-state index in [-0.39, 0.29) is 18.6 Å². The zero-order valence-electron chi connectivity index (χ0n) is 16.7. The molecule has 1 aromatic heterocycles. The Balaban J connectivity index is 1.43. The van der Waals surface area contributed by atoms with Crippen molar-refractivity contribution < 1.29 is 19.4 Å². The molecule has 154 valence electrons. The third kappa shape index (κ3) is 3.14. The van der Waals surface area contributed by atoms with Crippen LogP contribution in [-0.4, -0.2) is 33.4 Å². The summed E-state index contributed by atoms with van der Waals surface area (Å²) in [5, 5.41) is 10.2. The predicted octanol–water partition coefficient (Wildman–Crippen LogP) is 3.80. The van der Waals surface area contributed by atoms with E-state index >= 15 is 0 Å². The van der Waals surface area contributed by atoms with Crippen LogP contribution in [0.3, 0.4) is 0 Å². The number of carboxylic acid groups (broad SMARTS) is 1. The Hall–Kier alpha value is -2.34. The monoisotopic (exact) mass is 396 g/mol. The lowest BCUT2D eigenvalue weighted by Gasteiger charge is -2.53. The van der Waals surface area contributed by atoms with Gasteiger partial charge in [0.05, 0.1) is 5.52 Å². The molecule has 4 bridgehead atoms. The van der Waals surface area contributed by atoms with Gasteiger partial charge in [-0.2, -0.15) is 0 Å². The van der Waals surface area contributed by atoms with E-state index in [1.165, 1.54) is 43.6 Å². The number of nitrogens with zero attached hydrogens (tertiary/aromatic N) is 1. The van der Waals surface area contributed by atoms with Crippen LogP contribution in [0, 0.1) is 23.7 Å². The van der Waals surface area contributed by atoms with Gasteiger partial charge in [0.25, 0.3) is 0 Å². The first-order valence-corrected chi connectivity index (χ1v) is 10.6. The molecule has 4 fully saturated rings. The standard InChI is InChI=1S/C23H28N2O4/c1-23(24,21(26)27)11-17-12-25(19-5-3-2-4-18(17)19)22(28)29-20-15-7-13-6-14(9-15)10-16(20)8-13/h2-5,12-16,20H,6-11,24H2,1H3,(H,26,27).